The molecule has 0 saturated heterocycles. The second kappa shape index (κ2) is 3.29. The summed E-state index contributed by atoms with van der Waals surface area (Å²) < 4.78 is 1.90. The topological polar surface area (TPSA) is 44.3 Å². The summed E-state index contributed by atoms with van der Waals surface area (Å²) in [4.78, 5) is 0. The summed E-state index contributed by atoms with van der Waals surface area (Å²) in [5, 5.41) is 4.47. The van der Waals surface area contributed by atoms with Crippen LogP contribution >= 0.6 is 0 Å². The van der Waals surface area contributed by atoms with Crippen molar-refractivity contribution in [3.05, 3.63) is 0 Å². The molecule has 0 radical (unpaired) electrons. The highest BCUT2D eigenvalue weighted by atomic mass is 15.5. The first-order valence-corrected chi connectivity index (χ1v) is 2.80. The zero-order chi connectivity index (χ0) is 7.44. The average Bonchev–Trinajstić information content (AvgIpc) is 1.64. The van der Waals surface area contributed by atoms with Crippen molar-refractivity contribution in [2.24, 2.45) is 5.84 Å². The van der Waals surface area contributed by atoms with E-state index in [0.717, 1.165) is 5.96 Å². The van der Waals surface area contributed by atoms with Crippen LogP contribution in [0.1, 0.15) is 0 Å². The summed E-state index contributed by atoms with van der Waals surface area (Å²) in [6.45, 7) is 0. The zero-order valence-corrected chi connectivity index (χ0v) is 6.47. The Morgan fingerprint density at radius 1 is 1.56 bits per heavy atom. The molecule has 54 valence electrons. The maximum atomic E-state index is 5.44. The summed E-state index contributed by atoms with van der Waals surface area (Å²) >= 11 is 0. The molecule has 4 heteroatoms. The van der Waals surface area contributed by atoms with Crippen LogP contribution < -0.4 is 11.2 Å². The van der Waals surface area contributed by atoms with Crippen molar-refractivity contribution < 1.29 is 4.58 Å². The number of hydrogen-bond acceptors (Lipinski definition) is 1. The van der Waals surface area contributed by atoms with Crippen LogP contribution in [-0.2, 0) is 0 Å². The van der Waals surface area contributed by atoms with E-state index in [1.54, 1.807) is 7.05 Å². The molecule has 0 amide bonds. The Balaban J connectivity index is 4.16. The predicted octanol–water partition coefficient (Wildman–Crippen LogP) is -1.36. The second-order valence-corrected chi connectivity index (χ2v) is 2.08. The molecule has 0 saturated carbocycles. The van der Waals surface area contributed by atoms with Crippen molar-refractivity contribution in [2.75, 3.05) is 28.2 Å². The fourth-order valence-corrected chi connectivity index (χ4v) is 0.715. The smallest absolute Gasteiger partial charge is 0.279 e. The Morgan fingerprint density at radius 2 is 2.00 bits per heavy atom. The van der Waals surface area contributed by atoms with E-state index < -0.39 is 0 Å². The lowest BCUT2D eigenvalue weighted by atomic mass is 10.8. The number of nitrogens with two attached hydrogens (primary N) is 1. The number of hydrazine groups is 1. The molecule has 4 nitrogen and oxygen atoms in total. The van der Waals surface area contributed by atoms with Gasteiger partial charge in [-0.3, -0.25) is 9.89 Å². The third-order valence-corrected chi connectivity index (χ3v) is 0.981. The van der Waals surface area contributed by atoms with Gasteiger partial charge in [0.15, 0.2) is 0 Å². The molecule has 0 fully saturated rings. The monoisotopic (exact) mass is 131 g/mol. The Bertz CT molecular complexity index is 112. The number of rotatable bonds is 0. The Morgan fingerprint density at radius 3 is 2.00 bits per heavy atom. The molecule has 9 heavy (non-hydrogen) atoms. The van der Waals surface area contributed by atoms with Crippen LogP contribution in [-0.4, -0.2) is 43.7 Å². The lowest BCUT2D eigenvalue weighted by Crippen LogP contribution is -2.45. The van der Waals surface area contributed by atoms with Crippen LogP contribution in [0.4, 0.5) is 0 Å². The molecule has 0 aliphatic rings. The van der Waals surface area contributed by atoms with Gasteiger partial charge in [-0.15, -0.1) is 0 Å². The fraction of sp³-hybridized carbons (Fsp3) is 0.800. The molecule has 0 aromatic heterocycles. The van der Waals surface area contributed by atoms with Crippen molar-refractivity contribution >= 4 is 5.96 Å². The predicted molar refractivity (Wildman–Crippen MR) is 38.1 cm³/mol. The molecule has 3 N–H and O–H groups in total. The van der Waals surface area contributed by atoms with E-state index in [9.17, 15) is 0 Å². The van der Waals surface area contributed by atoms with Crippen molar-refractivity contribution in [1.29, 1.82) is 0 Å². The third-order valence-electron chi connectivity index (χ3n) is 0.981. The highest BCUT2D eigenvalue weighted by Crippen LogP contribution is 1.69. The standard InChI is InChI=1S/C5H14N4/c1-7-5(8(2)3)9(4)6/h6H2,1-4H3/p+1. The van der Waals surface area contributed by atoms with Gasteiger partial charge in [0.1, 0.15) is 0 Å². The van der Waals surface area contributed by atoms with Crippen LogP contribution in [0.15, 0.2) is 0 Å². The molecule has 0 aromatic rings. The third kappa shape index (κ3) is 2.32. The summed E-state index contributed by atoms with van der Waals surface area (Å²) in [6, 6.07) is 0. The number of nitrogens with zero attached hydrogens (tertiary/aromatic N) is 2. The molecular weight excluding hydrogens is 116 g/mol. The normalized spacial score (nSPS) is 8.56. The summed E-state index contributed by atoms with van der Waals surface area (Å²) in [5.74, 6) is 6.32. The van der Waals surface area contributed by atoms with Gasteiger partial charge < -0.3 is 0 Å². The molecule has 0 rings (SSSR count). The van der Waals surface area contributed by atoms with Crippen LogP contribution in [0.3, 0.4) is 0 Å². The minimum absolute atomic E-state index is 0.884. The highest BCUT2D eigenvalue weighted by molar-refractivity contribution is 5.73. The molecular formula is C5H15N4+. The number of nitrogens with one attached hydrogen (secondary N) is 1. The van der Waals surface area contributed by atoms with Crippen LogP contribution in [0.5, 0.6) is 0 Å². The number of hydrogen-bond donors (Lipinski definition) is 2. The quantitative estimate of drug-likeness (QED) is 0.140. The van der Waals surface area contributed by atoms with Crippen molar-refractivity contribution in [1.82, 2.24) is 10.3 Å². The Labute approximate surface area is 55.9 Å². The average molecular weight is 131 g/mol. The zero-order valence-electron chi connectivity index (χ0n) is 6.47. The molecule has 0 atom stereocenters. The lowest BCUT2D eigenvalue weighted by molar-refractivity contribution is -0.472. The number of guanidine groups is 1. The first-order valence-electron chi connectivity index (χ1n) is 2.80. The molecule has 0 unspecified atom stereocenters. The second-order valence-electron chi connectivity index (χ2n) is 2.08. The van der Waals surface area contributed by atoms with E-state index in [0.29, 0.717) is 0 Å². The van der Waals surface area contributed by atoms with E-state index in [4.69, 9.17) is 5.84 Å². The molecule has 0 spiro atoms. The molecule has 0 aliphatic carbocycles. The van der Waals surface area contributed by atoms with Crippen molar-refractivity contribution in [2.45, 2.75) is 0 Å². The van der Waals surface area contributed by atoms with Gasteiger partial charge in [-0.05, 0) is 0 Å². The van der Waals surface area contributed by atoms with E-state index in [-0.39, 0.29) is 0 Å². The minimum Gasteiger partial charge on any atom is -0.279 e. The van der Waals surface area contributed by atoms with E-state index in [1.807, 2.05) is 25.7 Å². The van der Waals surface area contributed by atoms with Gasteiger partial charge in [0.2, 0.25) is 0 Å². The fourth-order valence-electron chi connectivity index (χ4n) is 0.715. The maximum Gasteiger partial charge on any atom is 0.364 e. The van der Waals surface area contributed by atoms with Gasteiger partial charge in [0.05, 0.1) is 28.2 Å². The van der Waals surface area contributed by atoms with Gasteiger partial charge in [0, 0.05) is 0 Å². The van der Waals surface area contributed by atoms with Crippen LogP contribution in [0.25, 0.3) is 0 Å². The largest absolute Gasteiger partial charge is 0.364 e. The first-order chi connectivity index (χ1) is 4.09. The van der Waals surface area contributed by atoms with E-state index in [2.05, 4.69) is 5.32 Å². The van der Waals surface area contributed by atoms with E-state index in [1.165, 1.54) is 5.01 Å². The van der Waals surface area contributed by atoms with Gasteiger partial charge in [-0.2, -0.15) is 10.9 Å². The van der Waals surface area contributed by atoms with E-state index >= 15 is 0 Å². The van der Waals surface area contributed by atoms with Gasteiger partial charge in [-0.1, -0.05) is 0 Å². The summed E-state index contributed by atoms with van der Waals surface area (Å²) in [7, 11) is 7.47. The first kappa shape index (κ1) is 8.23. The summed E-state index contributed by atoms with van der Waals surface area (Å²) in [5.41, 5.74) is 0. The minimum atomic E-state index is 0.884. The van der Waals surface area contributed by atoms with Gasteiger partial charge >= 0.3 is 5.96 Å². The van der Waals surface area contributed by atoms with Crippen LogP contribution in [0.2, 0.25) is 0 Å². The van der Waals surface area contributed by atoms with Gasteiger partial charge in [0.25, 0.3) is 0 Å². The lowest BCUT2D eigenvalue weighted by Gasteiger charge is -2.08. The molecule has 0 aliphatic heterocycles. The van der Waals surface area contributed by atoms with Gasteiger partial charge in [-0.25, -0.2) is 0 Å². The van der Waals surface area contributed by atoms with Crippen molar-refractivity contribution in [3.8, 4) is 0 Å². The highest BCUT2D eigenvalue weighted by Gasteiger charge is 2.06. The molecule has 0 heterocycles. The SMILES string of the molecule is CNC(N(C)N)=[N+](C)C. The Kier molecular flexibility index (Phi) is 3.01. The van der Waals surface area contributed by atoms with Crippen molar-refractivity contribution in [3.63, 3.8) is 0 Å². The summed E-state index contributed by atoms with van der Waals surface area (Å²) in [6.07, 6.45) is 0. The molecule has 0 aromatic carbocycles. The molecule has 0 bridgehead atoms. The van der Waals surface area contributed by atoms with Crippen LogP contribution in [0, 0.1) is 0 Å². The maximum absolute atomic E-state index is 5.44. The Hall–Kier alpha value is -0.770.